The molecule has 3 N–H and O–H groups in total. The number of carbonyl (C=O) groups excluding carboxylic acids is 3. The minimum Gasteiger partial charge on any atom is -0.462 e. The smallest absolute Gasteiger partial charge is 0.340 e. The molecule has 0 radical (unpaired) electrons. The van der Waals surface area contributed by atoms with Gasteiger partial charge >= 0.3 is 5.97 Å². The van der Waals surface area contributed by atoms with E-state index in [1.165, 1.54) is 6.92 Å². The van der Waals surface area contributed by atoms with E-state index in [0.717, 1.165) is 5.69 Å². The Morgan fingerprint density at radius 3 is 2.26 bits per heavy atom. The van der Waals surface area contributed by atoms with Gasteiger partial charge in [0.15, 0.2) is 0 Å². The summed E-state index contributed by atoms with van der Waals surface area (Å²) in [6, 6.07) is 13.9. The molecule has 0 aromatic heterocycles. The Kier molecular flexibility index (Phi) is 7.37. The number of rotatable bonds is 8. The SMILES string of the molecule is CCOC(=O)c1ccccc1NC(=O)CCNc1ccc(NC(C)=O)cc1. The fraction of sp³-hybridized carbons (Fsp3) is 0.250. The number of amides is 2. The molecule has 0 spiro atoms. The summed E-state index contributed by atoms with van der Waals surface area (Å²) < 4.78 is 4.99. The summed E-state index contributed by atoms with van der Waals surface area (Å²) in [7, 11) is 0. The monoisotopic (exact) mass is 369 g/mol. The molecule has 2 aromatic carbocycles. The lowest BCUT2D eigenvalue weighted by atomic mass is 10.1. The molecular weight excluding hydrogens is 346 g/mol. The Bertz CT molecular complexity index is 803. The van der Waals surface area contributed by atoms with Crippen LogP contribution in [0.4, 0.5) is 17.1 Å². The van der Waals surface area contributed by atoms with E-state index in [0.29, 0.717) is 23.5 Å². The van der Waals surface area contributed by atoms with Crippen LogP contribution in [0, 0.1) is 0 Å². The molecule has 0 saturated heterocycles. The first-order valence-electron chi connectivity index (χ1n) is 8.67. The number of hydrogen-bond donors (Lipinski definition) is 3. The highest BCUT2D eigenvalue weighted by atomic mass is 16.5. The van der Waals surface area contributed by atoms with E-state index < -0.39 is 5.97 Å². The largest absolute Gasteiger partial charge is 0.462 e. The average molecular weight is 369 g/mol. The second-order valence-electron chi connectivity index (χ2n) is 5.75. The predicted octanol–water partition coefficient (Wildman–Crippen LogP) is 3.26. The number of anilines is 3. The summed E-state index contributed by atoms with van der Waals surface area (Å²) in [6.45, 7) is 3.87. The van der Waals surface area contributed by atoms with Crippen LogP contribution >= 0.6 is 0 Å². The molecule has 0 bridgehead atoms. The molecule has 0 unspecified atom stereocenters. The lowest BCUT2D eigenvalue weighted by Crippen LogP contribution is -2.18. The number of nitrogens with one attached hydrogen (secondary N) is 3. The molecule has 142 valence electrons. The van der Waals surface area contributed by atoms with E-state index in [2.05, 4.69) is 16.0 Å². The van der Waals surface area contributed by atoms with Gasteiger partial charge in [0, 0.05) is 31.3 Å². The summed E-state index contributed by atoms with van der Waals surface area (Å²) in [5.74, 6) is -0.810. The van der Waals surface area contributed by atoms with Crippen LogP contribution in [-0.4, -0.2) is 30.9 Å². The Labute approximate surface area is 158 Å². The van der Waals surface area contributed by atoms with E-state index in [1.807, 2.05) is 12.1 Å². The van der Waals surface area contributed by atoms with Crippen LogP contribution in [0.3, 0.4) is 0 Å². The van der Waals surface area contributed by atoms with Crippen LogP contribution in [0.2, 0.25) is 0 Å². The molecule has 0 aliphatic rings. The molecule has 2 aromatic rings. The summed E-state index contributed by atoms with van der Waals surface area (Å²) in [5, 5.41) is 8.56. The van der Waals surface area contributed by atoms with Gasteiger partial charge < -0.3 is 20.7 Å². The minimum absolute atomic E-state index is 0.129. The lowest BCUT2D eigenvalue weighted by Gasteiger charge is -2.11. The van der Waals surface area contributed by atoms with E-state index in [9.17, 15) is 14.4 Å². The zero-order valence-corrected chi connectivity index (χ0v) is 15.4. The number of benzene rings is 2. The molecule has 0 fully saturated rings. The first kappa shape index (κ1) is 20.0. The molecule has 7 heteroatoms. The fourth-order valence-electron chi connectivity index (χ4n) is 2.39. The Hall–Kier alpha value is -3.35. The van der Waals surface area contributed by atoms with Crippen molar-refractivity contribution >= 4 is 34.8 Å². The number of carbonyl (C=O) groups is 3. The molecule has 7 nitrogen and oxygen atoms in total. The Balaban J connectivity index is 1.85. The predicted molar refractivity (Wildman–Crippen MR) is 105 cm³/mol. The third-order valence-corrected chi connectivity index (χ3v) is 3.58. The van der Waals surface area contributed by atoms with Crippen LogP contribution in [0.1, 0.15) is 30.6 Å². The molecule has 0 aliphatic carbocycles. The zero-order chi connectivity index (χ0) is 19.6. The molecule has 27 heavy (non-hydrogen) atoms. The number of hydrogen-bond acceptors (Lipinski definition) is 5. The van der Waals surface area contributed by atoms with Crippen LogP contribution < -0.4 is 16.0 Å². The summed E-state index contributed by atoms with van der Waals surface area (Å²) >= 11 is 0. The fourth-order valence-corrected chi connectivity index (χ4v) is 2.39. The number of ether oxygens (including phenoxy) is 1. The van der Waals surface area contributed by atoms with Gasteiger partial charge in [0.1, 0.15) is 0 Å². The lowest BCUT2D eigenvalue weighted by molar-refractivity contribution is -0.116. The van der Waals surface area contributed by atoms with Crippen molar-refractivity contribution in [2.45, 2.75) is 20.3 Å². The maximum atomic E-state index is 12.2. The number of esters is 1. The van der Waals surface area contributed by atoms with Crippen molar-refractivity contribution in [2.24, 2.45) is 0 Å². The molecule has 0 heterocycles. The van der Waals surface area contributed by atoms with Crippen molar-refractivity contribution in [1.29, 1.82) is 0 Å². The van der Waals surface area contributed by atoms with Crippen molar-refractivity contribution in [1.82, 2.24) is 0 Å². The van der Waals surface area contributed by atoms with Crippen molar-refractivity contribution in [2.75, 3.05) is 29.1 Å². The second-order valence-corrected chi connectivity index (χ2v) is 5.75. The highest BCUT2D eigenvalue weighted by molar-refractivity contribution is 6.01. The van der Waals surface area contributed by atoms with E-state index >= 15 is 0 Å². The quantitative estimate of drug-likeness (QED) is 0.621. The zero-order valence-electron chi connectivity index (χ0n) is 15.4. The van der Waals surface area contributed by atoms with Crippen LogP contribution in [0.5, 0.6) is 0 Å². The van der Waals surface area contributed by atoms with E-state index in [-0.39, 0.29) is 24.8 Å². The van der Waals surface area contributed by atoms with E-state index in [1.54, 1.807) is 43.3 Å². The molecule has 2 amide bonds. The molecule has 0 saturated carbocycles. The van der Waals surface area contributed by atoms with Crippen molar-refractivity contribution < 1.29 is 19.1 Å². The summed E-state index contributed by atoms with van der Waals surface area (Å²) in [4.78, 5) is 35.1. The van der Waals surface area contributed by atoms with Crippen LogP contribution in [0.15, 0.2) is 48.5 Å². The highest BCUT2D eigenvalue weighted by Gasteiger charge is 2.13. The van der Waals surface area contributed by atoms with Gasteiger partial charge in [-0.1, -0.05) is 12.1 Å². The highest BCUT2D eigenvalue weighted by Crippen LogP contribution is 2.17. The third kappa shape index (κ3) is 6.47. The van der Waals surface area contributed by atoms with Crippen LogP contribution in [0.25, 0.3) is 0 Å². The normalized spacial score (nSPS) is 10.0. The van der Waals surface area contributed by atoms with Gasteiger partial charge in [-0.05, 0) is 43.3 Å². The standard InChI is InChI=1S/C20H23N3O4/c1-3-27-20(26)17-6-4-5-7-18(17)23-19(25)12-13-21-15-8-10-16(11-9-15)22-14(2)24/h4-11,21H,3,12-13H2,1-2H3,(H,22,24)(H,23,25). The van der Waals surface area contributed by atoms with Crippen LogP contribution in [-0.2, 0) is 14.3 Å². The Morgan fingerprint density at radius 2 is 1.59 bits per heavy atom. The maximum absolute atomic E-state index is 12.2. The van der Waals surface area contributed by atoms with Crippen molar-refractivity contribution in [3.63, 3.8) is 0 Å². The van der Waals surface area contributed by atoms with Gasteiger partial charge in [0.25, 0.3) is 0 Å². The first-order chi connectivity index (χ1) is 13.0. The third-order valence-electron chi connectivity index (χ3n) is 3.58. The van der Waals surface area contributed by atoms with Crippen molar-refractivity contribution in [3.8, 4) is 0 Å². The van der Waals surface area contributed by atoms with Gasteiger partial charge in [-0.3, -0.25) is 9.59 Å². The first-order valence-corrected chi connectivity index (χ1v) is 8.67. The van der Waals surface area contributed by atoms with E-state index in [4.69, 9.17) is 4.74 Å². The Morgan fingerprint density at radius 1 is 0.926 bits per heavy atom. The van der Waals surface area contributed by atoms with Gasteiger partial charge in [-0.2, -0.15) is 0 Å². The van der Waals surface area contributed by atoms with Crippen molar-refractivity contribution in [3.05, 3.63) is 54.1 Å². The molecule has 0 aliphatic heterocycles. The van der Waals surface area contributed by atoms with Gasteiger partial charge in [-0.25, -0.2) is 4.79 Å². The molecule has 2 rings (SSSR count). The molecular formula is C20H23N3O4. The topological polar surface area (TPSA) is 96.5 Å². The minimum atomic E-state index is -0.467. The van der Waals surface area contributed by atoms with Gasteiger partial charge in [0.2, 0.25) is 11.8 Å². The maximum Gasteiger partial charge on any atom is 0.340 e. The molecule has 0 atom stereocenters. The summed E-state index contributed by atoms with van der Waals surface area (Å²) in [6.07, 6.45) is 0.227. The number of para-hydroxylation sites is 1. The summed E-state index contributed by atoms with van der Waals surface area (Å²) in [5.41, 5.74) is 2.31. The van der Waals surface area contributed by atoms with Gasteiger partial charge in [0.05, 0.1) is 17.9 Å². The second kappa shape index (κ2) is 9.96. The average Bonchev–Trinajstić information content (AvgIpc) is 2.63. The van der Waals surface area contributed by atoms with Gasteiger partial charge in [-0.15, -0.1) is 0 Å².